The van der Waals surface area contributed by atoms with Crippen molar-refractivity contribution in [3.8, 4) is 11.3 Å². The maximum Gasteiger partial charge on any atom is 0.416 e. The largest absolute Gasteiger partial charge is 0.464 e. The van der Waals surface area contributed by atoms with Gasteiger partial charge in [0.05, 0.1) is 17.4 Å². The molecule has 1 amide bonds. The minimum atomic E-state index is -4.38. The molecule has 0 unspecified atom stereocenters. The summed E-state index contributed by atoms with van der Waals surface area (Å²) in [5, 5.41) is 2.95. The van der Waals surface area contributed by atoms with Gasteiger partial charge in [-0.3, -0.25) is 4.79 Å². The van der Waals surface area contributed by atoms with Gasteiger partial charge in [0.15, 0.2) is 0 Å². The summed E-state index contributed by atoms with van der Waals surface area (Å²) in [6.07, 6.45) is 1.96. The lowest BCUT2D eigenvalue weighted by Gasteiger charge is -2.13. The molecule has 0 aliphatic rings. The van der Waals surface area contributed by atoms with Crippen molar-refractivity contribution in [3.63, 3.8) is 0 Å². The smallest absolute Gasteiger partial charge is 0.416 e. The molecule has 30 heavy (non-hydrogen) atoms. The van der Waals surface area contributed by atoms with Crippen molar-refractivity contribution in [1.82, 2.24) is 9.88 Å². The molecule has 3 aromatic rings. The van der Waals surface area contributed by atoms with Crippen molar-refractivity contribution in [2.75, 3.05) is 6.54 Å². The van der Waals surface area contributed by atoms with E-state index in [0.29, 0.717) is 29.1 Å². The number of aryl methyl sites for hydroxylation is 1. The van der Waals surface area contributed by atoms with E-state index in [9.17, 15) is 18.0 Å². The quantitative estimate of drug-likeness (QED) is 0.453. The SMILES string of the molecule is CCCCCNC(=O)c1c(-c2ccco2)c(C)cn1Cc1ccc(C(F)(F)F)cc1. The number of carbonyl (C=O) groups is 1. The number of hydrogen-bond acceptors (Lipinski definition) is 2. The first-order valence-corrected chi connectivity index (χ1v) is 9.99. The van der Waals surface area contributed by atoms with Gasteiger partial charge < -0.3 is 14.3 Å². The number of halogens is 3. The van der Waals surface area contributed by atoms with Crippen LogP contribution in [0.5, 0.6) is 0 Å². The Morgan fingerprint density at radius 2 is 1.87 bits per heavy atom. The molecule has 3 rings (SSSR count). The third-order valence-electron chi connectivity index (χ3n) is 4.95. The van der Waals surface area contributed by atoms with E-state index in [1.54, 1.807) is 23.0 Å². The van der Waals surface area contributed by atoms with Crippen molar-refractivity contribution < 1.29 is 22.4 Å². The number of hydrogen-bond donors (Lipinski definition) is 1. The molecule has 0 bridgehead atoms. The number of nitrogens with zero attached hydrogens (tertiary/aromatic N) is 1. The van der Waals surface area contributed by atoms with Crippen LogP contribution in [0.25, 0.3) is 11.3 Å². The molecule has 2 heterocycles. The van der Waals surface area contributed by atoms with Gasteiger partial charge in [0.2, 0.25) is 0 Å². The number of aromatic nitrogens is 1. The molecule has 1 aromatic carbocycles. The van der Waals surface area contributed by atoms with Crippen molar-refractivity contribution >= 4 is 5.91 Å². The molecule has 0 spiro atoms. The molecule has 0 aliphatic carbocycles. The highest BCUT2D eigenvalue weighted by atomic mass is 19.4. The molecular formula is C23H25F3N2O2. The standard InChI is InChI=1S/C23H25F3N2O2/c1-3-4-5-12-27-22(29)21-20(19-7-6-13-30-19)16(2)14-28(21)15-17-8-10-18(11-9-17)23(24,25)26/h6-11,13-14H,3-5,12,15H2,1-2H3,(H,27,29). The van der Waals surface area contributed by atoms with Crippen LogP contribution in [0.2, 0.25) is 0 Å². The molecule has 0 saturated carbocycles. The summed E-state index contributed by atoms with van der Waals surface area (Å²) in [5.74, 6) is 0.356. The molecule has 160 valence electrons. The Balaban J connectivity index is 1.92. The Hall–Kier alpha value is -2.96. The number of nitrogens with one attached hydrogen (secondary N) is 1. The van der Waals surface area contributed by atoms with E-state index in [-0.39, 0.29) is 12.5 Å². The van der Waals surface area contributed by atoms with E-state index >= 15 is 0 Å². The lowest BCUT2D eigenvalue weighted by Crippen LogP contribution is -2.27. The van der Waals surface area contributed by atoms with Gasteiger partial charge in [0.1, 0.15) is 11.5 Å². The molecule has 2 aromatic heterocycles. The van der Waals surface area contributed by atoms with Crippen LogP contribution in [0.1, 0.15) is 53.4 Å². The first-order valence-electron chi connectivity index (χ1n) is 9.99. The first kappa shape index (κ1) is 21.7. The average molecular weight is 418 g/mol. The second kappa shape index (κ2) is 9.24. The zero-order valence-corrected chi connectivity index (χ0v) is 17.1. The molecule has 0 saturated heterocycles. The fraction of sp³-hybridized carbons (Fsp3) is 0.348. The van der Waals surface area contributed by atoms with E-state index in [0.717, 1.165) is 37.0 Å². The number of rotatable bonds is 8. The van der Waals surface area contributed by atoms with Crippen LogP contribution in [0.4, 0.5) is 13.2 Å². The Morgan fingerprint density at radius 1 is 1.13 bits per heavy atom. The lowest BCUT2D eigenvalue weighted by molar-refractivity contribution is -0.137. The molecule has 1 N–H and O–H groups in total. The Kier molecular flexibility index (Phi) is 6.70. The minimum Gasteiger partial charge on any atom is -0.464 e. The van der Waals surface area contributed by atoms with Gasteiger partial charge in [-0.2, -0.15) is 13.2 Å². The monoisotopic (exact) mass is 418 g/mol. The lowest BCUT2D eigenvalue weighted by atomic mass is 10.1. The Labute approximate surface area is 173 Å². The van der Waals surface area contributed by atoms with Crippen LogP contribution in [0.15, 0.2) is 53.3 Å². The van der Waals surface area contributed by atoms with Gasteiger partial charge in [-0.05, 0) is 48.7 Å². The van der Waals surface area contributed by atoms with Crippen LogP contribution in [-0.4, -0.2) is 17.0 Å². The molecule has 0 radical (unpaired) electrons. The van der Waals surface area contributed by atoms with Gasteiger partial charge in [-0.25, -0.2) is 0 Å². The third-order valence-corrected chi connectivity index (χ3v) is 4.95. The van der Waals surface area contributed by atoms with Gasteiger partial charge in [0.25, 0.3) is 5.91 Å². The number of carbonyl (C=O) groups excluding carboxylic acids is 1. The highest BCUT2D eigenvalue weighted by Gasteiger charge is 2.30. The van der Waals surface area contributed by atoms with Crippen LogP contribution < -0.4 is 5.32 Å². The normalized spacial score (nSPS) is 11.6. The number of amides is 1. The molecule has 7 heteroatoms. The van der Waals surface area contributed by atoms with E-state index in [1.807, 2.05) is 13.1 Å². The van der Waals surface area contributed by atoms with Crippen molar-refractivity contribution in [1.29, 1.82) is 0 Å². The number of furan rings is 1. The number of unbranched alkanes of at least 4 members (excludes halogenated alkanes) is 2. The highest BCUT2D eigenvalue weighted by molar-refractivity contribution is 6.00. The maximum absolute atomic E-state index is 13.0. The second-order valence-electron chi connectivity index (χ2n) is 7.30. The summed E-state index contributed by atoms with van der Waals surface area (Å²) in [4.78, 5) is 13.0. The van der Waals surface area contributed by atoms with Crippen LogP contribution in [0.3, 0.4) is 0 Å². The predicted octanol–water partition coefficient (Wildman–Crippen LogP) is 6.04. The topological polar surface area (TPSA) is 47.2 Å². The summed E-state index contributed by atoms with van der Waals surface area (Å²) < 4.78 is 45.8. The fourth-order valence-electron chi connectivity index (χ4n) is 3.45. The van der Waals surface area contributed by atoms with Gasteiger partial charge in [0, 0.05) is 19.3 Å². The van der Waals surface area contributed by atoms with Crippen LogP contribution >= 0.6 is 0 Å². The first-order chi connectivity index (χ1) is 14.3. The second-order valence-corrected chi connectivity index (χ2v) is 7.30. The van der Waals surface area contributed by atoms with Gasteiger partial charge in [-0.15, -0.1) is 0 Å². The molecule has 0 atom stereocenters. The van der Waals surface area contributed by atoms with Gasteiger partial charge in [-0.1, -0.05) is 31.9 Å². The molecule has 4 nitrogen and oxygen atoms in total. The summed E-state index contributed by atoms with van der Waals surface area (Å²) >= 11 is 0. The predicted molar refractivity (Wildman–Crippen MR) is 109 cm³/mol. The van der Waals surface area contributed by atoms with Crippen molar-refractivity contribution in [2.45, 2.75) is 45.8 Å². The van der Waals surface area contributed by atoms with Crippen molar-refractivity contribution in [2.24, 2.45) is 0 Å². The van der Waals surface area contributed by atoms with E-state index in [1.165, 1.54) is 12.1 Å². The van der Waals surface area contributed by atoms with Crippen LogP contribution in [0, 0.1) is 6.92 Å². The minimum absolute atomic E-state index is 0.225. The summed E-state index contributed by atoms with van der Waals surface area (Å²) in [6.45, 7) is 4.82. The summed E-state index contributed by atoms with van der Waals surface area (Å²) in [6, 6.07) is 8.54. The number of benzene rings is 1. The fourth-order valence-corrected chi connectivity index (χ4v) is 3.45. The Morgan fingerprint density at radius 3 is 2.47 bits per heavy atom. The van der Waals surface area contributed by atoms with Gasteiger partial charge >= 0.3 is 6.18 Å². The third kappa shape index (κ3) is 4.96. The molecular weight excluding hydrogens is 393 g/mol. The zero-order chi connectivity index (χ0) is 21.7. The number of alkyl halides is 3. The summed E-state index contributed by atoms with van der Waals surface area (Å²) in [7, 11) is 0. The van der Waals surface area contributed by atoms with Crippen LogP contribution in [-0.2, 0) is 12.7 Å². The van der Waals surface area contributed by atoms with E-state index in [2.05, 4.69) is 12.2 Å². The zero-order valence-electron chi connectivity index (χ0n) is 17.1. The Bertz CT molecular complexity index is 971. The van der Waals surface area contributed by atoms with E-state index in [4.69, 9.17) is 4.42 Å². The van der Waals surface area contributed by atoms with Crippen molar-refractivity contribution in [3.05, 3.63) is 71.2 Å². The van der Waals surface area contributed by atoms with E-state index < -0.39 is 11.7 Å². The molecule has 0 fully saturated rings. The summed E-state index contributed by atoms with van der Waals surface area (Å²) in [5.41, 5.74) is 1.97. The molecule has 0 aliphatic heterocycles. The maximum atomic E-state index is 13.0. The highest BCUT2D eigenvalue weighted by Crippen LogP contribution is 2.32. The average Bonchev–Trinajstić information content (AvgIpc) is 3.32.